The van der Waals surface area contributed by atoms with Gasteiger partial charge in [0.05, 0.1) is 18.4 Å². The van der Waals surface area contributed by atoms with Gasteiger partial charge in [-0.05, 0) is 19.1 Å². The van der Waals surface area contributed by atoms with E-state index in [9.17, 15) is 8.78 Å². The maximum absolute atomic E-state index is 13.6. The zero-order chi connectivity index (χ0) is 13.4. The van der Waals surface area contributed by atoms with Crippen molar-refractivity contribution in [1.29, 1.82) is 0 Å². The average molecular weight is 259 g/mol. The summed E-state index contributed by atoms with van der Waals surface area (Å²) in [6, 6.07) is 7.89. The van der Waals surface area contributed by atoms with Gasteiger partial charge in [0.1, 0.15) is 11.6 Å². The number of aromatic nitrogens is 3. The number of hydrogen-bond donors (Lipinski definition) is 0. The molecule has 0 fully saturated rings. The van der Waals surface area contributed by atoms with Gasteiger partial charge in [0.15, 0.2) is 5.65 Å². The van der Waals surface area contributed by atoms with Crippen LogP contribution in [-0.4, -0.2) is 14.8 Å². The number of aryl methyl sites for hydroxylation is 1. The molecule has 96 valence electrons. The number of halogens is 2. The third-order valence-electron chi connectivity index (χ3n) is 3.02. The molecule has 5 heteroatoms. The Hall–Kier alpha value is -2.30. The van der Waals surface area contributed by atoms with E-state index >= 15 is 0 Å². The highest BCUT2D eigenvalue weighted by molar-refractivity contribution is 5.74. The summed E-state index contributed by atoms with van der Waals surface area (Å²) in [6.45, 7) is 1.86. The van der Waals surface area contributed by atoms with Crippen molar-refractivity contribution in [2.24, 2.45) is 0 Å². The zero-order valence-electron chi connectivity index (χ0n) is 10.3. The van der Waals surface area contributed by atoms with Crippen LogP contribution in [0, 0.1) is 18.6 Å². The van der Waals surface area contributed by atoms with Crippen molar-refractivity contribution in [2.75, 3.05) is 0 Å². The van der Waals surface area contributed by atoms with Gasteiger partial charge in [0, 0.05) is 10.9 Å². The van der Waals surface area contributed by atoms with Crippen molar-refractivity contribution in [1.82, 2.24) is 14.8 Å². The van der Waals surface area contributed by atoms with Crippen LogP contribution in [0.1, 0.15) is 11.3 Å². The molecule has 2 heterocycles. The van der Waals surface area contributed by atoms with E-state index in [2.05, 4.69) is 10.1 Å². The van der Waals surface area contributed by atoms with E-state index in [-0.39, 0.29) is 18.2 Å². The lowest BCUT2D eigenvalue weighted by Gasteiger charge is -2.05. The first-order valence-electron chi connectivity index (χ1n) is 5.87. The Bertz CT molecular complexity index is 750. The Labute approximate surface area is 108 Å². The van der Waals surface area contributed by atoms with Gasteiger partial charge < -0.3 is 0 Å². The molecule has 0 bridgehead atoms. The largest absolute Gasteiger partial charge is 0.243 e. The normalized spacial score (nSPS) is 11.1. The second kappa shape index (κ2) is 4.42. The molecule has 0 aliphatic heterocycles. The van der Waals surface area contributed by atoms with Crippen LogP contribution in [0.2, 0.25) is 0 Å². The zero-order valence-corrected chi connectivity index (χ0v) is 10.3. The van der Waals surface area contributed by atoms with Crippen LogP contribution >= 0.6 is 0 Å². The molecule has 19 heavy (non-hydrogen) atoms. The van der Waals surface area contributed by atoms with E-state index in [4.69, 9.17) is 0 Å². The minimum Gasteiger partial charge on any atom is -0.243 e. The van der Waals surface area contributed by atoms with E-state index in [1.165, 1.54) is 18.3 Å². The minimum absolute atomic E-state index is 0.272. The fourth-order valence-electron chi connectivity index (χ4n) is 1.97. The van der Waals surface area contributed by atoms with E-state index < -0.39 is 0 Å². The van der Waals surface area contributed by atoms with Crippen molar-refractivity contribution in [3.63, 3.8) is 0 Å². The maximum Gasteiger partial charge on any atom is 0.158 e. The Morgan fingerprint density at radius 3 is 2.74 bits per heavy atom. The second-order valence-corrected chi connectivity index (χ2v) is 4.36. The Balaban J connectivity index is 2.07. The maximum atomic E-state index is 13.6. The third kappa shape index (κ3) is 2.07. The summed E-state index contributed by atoms with van der Waals surface area (Å²) in [5.74, 6) is -0.650. The van der Waals surface area contributed by atoms with Gasteiger partial charge >= 0.3 is 0 Å². The molecule has 1 aromatic carbocycles. The van der Waals surface area contributed by atoms with Crippen molar-refractivity contribution in [2.45, 2.75) is 13.5 Å². The summed E-state index contributed by atoms with van der Waals surface area (Å²) < 4.78 is 28.6. The molecule has 0 radical (unpaired) electrons. The van der Waals surface area contributed by atoms with Gasteiger partial charge in [-0.15, -0.1) is 0 Å². The molecule has 2 aromatic heterocycles. The van der Waals surface area contributed by atoms with Crippen LogP contribution in [0.25, 0.3) is 11.0 Å². The molecule has 3 aromatic rings. The van der Waals surface area contributed by atoms with Crippen LogP contribution in [-0.2, 0) is 6.54 Å². The van der Waals surface area contributed by atoms with Crippen molar-refractivity contribution >= 4 is 11.0 Å². The third-order valence-corrected chi connectivity index (χ3v) is 3.02. The summed E-state index contributed by atoms with van der Waals surface area (Å²) in [7, 11) is 0. The lowest BCUT2D eigenvalue weighted by atomic mass is 10.2. The van der Waals surface area contributed by atoms with Crippen LogP contribution in [0.15, 0.2) is 36.5 Å². The van der Waals surface area contributed by atoms with Crippen molar-refractivity contribution in [3.05, 3.63) is 59.4 Å². The molecule has 0 aliphatic carbocycles. The Morgan fingerprint density at radius 2 is 1.95 bits per heavy atom. The van der Waals surface area contributed by atoms with Gasteiger partial charge in [-0.1, -0.05) is 18.2 Å². The summed E-state index contributed by atoms with van der Waals surface area (Å²) in [4.78, 5) is 4.16. The predicted octanol–water partition coefficient (Wildman–Crippen LogP) is 3.07. The number of rotatable bonds is 2. The SMILES string of the molecule is Cc1nc2c(cnn2Cc2ccccc2F)cc1F. The van der Waals surface area contributed by atoms with Gasteiger partial charge in [-0.25, -0.2) is 18.4 Å². The van der Waals surface area contributed by atoms with Gasteiger partial charge in [0.2, 0.25) is 0 Å². The number of hydrogen-bond acceptors (Lipinski definition) is 2. The van der Waals surface area contributed by atoms with E-state index in [1.807, 2.05) is 0 Å². The Kier molecular flexibility index (Phi) is 2.74. The lowest BCUT2D eigenvalue weighted by molar-refractivity contribution is 0.587. The van der Waals surface area contributed by atoms with Crippen molar-refractivity contribution in [3.8, 4) is 0 Å². The lowest BCUT2D eigenvalue weighted by Crippen LogP contribution is -2.05. The standard InChI is InChI=1S/C14H11F2N3/c1-9-13(16)6-11-7-17-19(14(11)18-9)8-10-4-2-3-5-12(10)15/h2-7H,8H2,1H3. The van der Waals surface area contributed by atoms with Gasteiger partial charge in [0.25, 0.3) is 0 Å². The van der Waals surface area contributed by atoms with Gasteiger partial charge in [-0.3, -0.25) is 0 Å². The van der Waals surface area contributed by atoms with Crippen molar-refractivity contribution < 1.29 is 8.78 Å². The number of benzene rings is 1. The highest BCUT2D eigenvalue weighted by Crippen LogP contribution is 2.17. The fourth-order valence-corrected chi connectivity index (χ4v) is 1.97. The molecular formula is C14H11F2N3. The van der Waals surface area contributed by atoms with Crippen LogP contribution < -0.4 is 0 Å². The number of fused-ring (bicyclic) bond motifs is 1. The monoisotopic (exact) mass is 259 g/mol. The molecule has 0 saturated heterocycles. The van der Waals surface area contributed by atoms with Crippen LogP contribution in [0.5, 0.6) is 0 Å². The molecule has 0 aliphatic rings. The van der Waals surface area contributed by atoms with E-state index in [0.29, 0.717) is 22.3 Å². The fraction of sp³-hybridized carbons (Fsp3) is 0.143. The molecule has 0 unspecified atom stereocenters. The second-order valence-electron chi connectivity index (χ2n) is 4.36. The summed E-state index contributed by atoms with van der Waals surface area (Å²) >= 11 is 0. The number of pyridine rings is 1. The van der Waals surface area contributed by atoms with Crippen LogP contribution in [0.3, 0.4) is 0 Å². The first kappa shape index (κ1) is 11.8. The highest BCUT2D eigenvalue weighted by atomic mass is 19.1. The molecule has 3 rings (SSSR count). The van der Waals surface area contributed by atoms with E-state index in [1.54, 1.807) is 29.8 Å². The smallest absolute Gasteiger partial charge is 0.158 e. The molecule has 0 atom stereocenters. The average Bonchev–Trinajstić information content (AvgIpc) is 2.76. The Morgan fingerprint density at radius 1 is 1.16 bits per heavy atom. The molecule has 0 saturated carbocycles. The first-order valence-corrected chi connectivity index (χ1v) is 5.87. The topological polar surface area (TPSA) is 30.7 Å². The molecule has 0 amide bonds. The molecule has 0 N–H and O–H groups in total. The van der Waals surface area contributed by atoms with E-state index in [0.717, 1.165) is 0 Å². The predicted molar refractivity (Wildman–Crippen MR) is 67.7 cm³/mol. The van der Waals surface area contributed by atoms with Gasteiger partial charge in [-0.2, -0.15) is 5.10 Å². The van der Waals surface area contributed by atoms with Crippen LogP contribution in [0.4, 0.5) is 8.78 Å². The summed E-state index contributed by atoms with van der Waals surface area (Å²) in [5, 5.41) is 4.75. The first-order chi connectivity index (χ1) is 9.15. The summed E-state index contributed by atoms with van der Waals surface area (Å²) in [5.41, 5.74) is 1.39. The highest BCUT2D eigenvalue weighted by Gasteiger charge is 2.10. The molecule has 3 nitrogen and oxygen atoms in total. The molecular weight excluding hydrogens is 248 g/mol. The quantitative estimate of drug-likeness (QED) is 0.708. The molecule has 0 spiro atoms. The minimum atomic E-state index is -0.363. The summed E-state index contributed by atoms with van der Waals surface area (Å²) in [6.07, 6.45) is 1.53. The number of nitrogens with zero attached hydrogens (tertiary/aromatic N) is 3.